The van der Waals surface area contributed by atoms with Crippen molar-refractivity contribution in [3.05, 3.63) is 234 Å². The molecule has 1 heterocycles. The molecule has 64 heavy (non-hydrogen) atoms. The van der Waals surface area contributed by atoms with E-state index >= 15 is 0 Å². The lowest BCUT2D eigenvalue weighted by molar-refractivity contribution is 0.668. The smallest absolute Gasteiger partial charge is 0.135 e. The highest BCUT2D eigenvalue weighted by molar-refractivity contribution is 6.23. The van der Waals surface area contributed by atoms with Gasteiger partial charge < -0.3 is 4.42 Å². The maximum atomic E-state index is 6.50. The summed E-state index contributed by atoms with van der Waals surface area (Å²) >= 11 is 0. The summed E-state index contributed by atoms with van der Waals surface area (Å²) in [5, 5.41) is 12.5. The van der Waals surface area contributed by atoms with Gasteiger partial charge in [-0.2, -0.15) is 0 Å². The van der Waals surface area contributed by atoms with Crippen molar-refractivity contribution < 1.29 is 4.42 Å². The predicted molar refractivity (Wildman–Crippen MR) is 268 cm³/mol. The molecule has 0 atom stereocenters. The average Bonchev–Trinajstić information content (AvgIpc) is 3.98. The number of furan rings is 1. The molecule has 0 radical (unpaired) electrons. The molecule has 0 saturated heterocycles. The number of hydrogen-bond donors (Lipinski definition) is 0. The standard InChI is InChI=1S/C63H38O/c1-2-15-39-36-58-54(34-38(39)14-1)53-35-42(28-32-57(53)64-58)60-49-21-7-5-19-47(49)59(48-20-6-8-22-50(48)60)41-27-29-44-40(33-41)26-31-52-51-30-25-37-13-3-4-16-43(37)61(51)63(62(44)52)55-23-11-9-17-45(55)46-18-10-12-24-56(46)63/h1,3-14,16-36H,2,15H2. The maximum Gasteiger partial charge on any atom is 0.135 e. The number of benzene rings is 11. The van der Waals surface area contributed by atoms with Gasteiger partial charge in [0.25, 0.3) is 0 Å². The fourth-order valence-corrected chi connectivity index (χ4v) is 12.5. The zero-order valence-corrected chi connectivity index (χ0v) is 35.0. The van der Waals surface area contributed by atoms with Crippen LogP contribution in [0.1, 0.15) is 39.8 Å². The zero-order chi connectivity index (χ0) is 41.7. The van der Waals surface area contributed by atoms with E-state index in [0.717, 1.165) is 29.4 Å². The minimum atomic E-state index is -0.460. The molecule has 3 aliphatic carbocycles. The third-order valence-electron chi connectivity index (χ3n) is 15.1. The van der Waals surface area contributed by atoms with E-state index in [1.807, 2.05) is 0 Å². The normalized spacial score (nSPS) is 14.2. The largest absolute Gasteiger partial charge is 0.456 e. The minimum absolute atomic E-state index is 0.460. The Labute approximate surface area is 370 Å². The highest BCUT2D eigenvalue weighted by atomic mass is 16.3. The molecule has 1 nitrogen and oxygen atoms in total. The van der Waals surface area contributed by atoms with E-state index in [0.29, 0.717) is 0 Å². The van der Waals surface area contributed by atoms with Gasteiger partial charge in [0.15, 0.2) is 0 Å². The van der Waals surface area contributed by atoms with Crippen LogP contribution in [0, 0.1) is 0 Å². The van der Waals surface area contributed by atoms with Crippen LogP contribution < -0.4 is 0 Å². The van der Waals surface area contributed by atoms with Crippen LogP contribution >= 0.6 is 0 Å². The number of fused-ring (bicyclic) bond motifs is 20. The molecule has 1 heteroatoms. The van der Waals surface area contributed by atoms with Crippen LogP contribution in [-0.4, -0.2) is 0 Å². The van der Waals surface area contributed by atoms with Crippen molar-refractivity contribution >= 4 is 71.1 Å². The fourth-order valence-electron chi connectivity index (χ4n) is 12.5. The van der Waals surface area contributed by atoms with E-state index in [-0.39, 0.29) is 0 Å². The van der Waals surface area contributed by atoms with Gasteiger partial charge in [-0.15, -0.1) is 0 Å². The van der Waals surface area contributed by atoms with E-state index in [1.54, 1.807) is 0 Å². The van der Waals surface area contributed by atoms with Gasteiger partial charge in [0.1, 0.15) is 11.2 Å². The Morgan fingerprint density at radius 1 is 0.375 bits per heavy atom. The molecule has 1 aromatic heterocycles. The van der Waals surface area contributed by atoms with Gasteiger partial charge in [0, 0.05) is 10.8 Å². The summed E-state index contributed by atoms with van der Waals surface area (Å²) in [7, 11) is 0. The van der Waals surface area contributed by atoms with Crippen molar-refractivity contribution in [3.63, 3.8) is 0 Å². The molecule has 11 aromatic carbocycles. The van der Waals surface area contributed by atoms with Crippen LogP contribution in [0.15, 0.2) is 205 Å². The molecule has 0 bridgehead atoms. The topological polar surface area (TPSA) is 13.1 Å². The van der Waals surface area contributed by atoms with Crippen LogP contribution in [0.4, 0.5) is 0 Å². The van der Waals surface area contributed by atoms with Crippen molar-refractivity contribution in [1.82, 2.24) is 0 Å². The Morgan fingerprint density at radius 2 is 0.922 bits per heavy atom. The number of aryl methyl sites for hydroxylation is 1. The molecule has 0 fully saturated rings. The van der Waals surface area contributed by atoms with Gasteiger partial charge in [-0.05, 0) is 164 Å². The molecule has 0 aliphatic heterocycles. The first-order valence-electron chi connectivity index (χ1n) is 22.6. The monoisotopic (exact) mass is 810 g/mol. The summed E-state index contributed by atoms with van der Waals surface area (Å²) in [4.78, 5) is 0. The third kappa shape index (κ3) is 4.38. The maximum absolute atomic E-state index is 6.50. The van der Waals surface area contributed by atoms with Gasteiger partial charge in [-0.1, -0.05) is 176 Å². The lowest BCUT2D eigenvalue weighted by Crippen LogP contribution is -2.26. The molecule has 1 spiro atoms. The highest BCUT2D eigenvalue weighted by Gasteiger charge is 2.53. The van der Waals surface area contributed by atoms with E-state index < -0.39 is 5.41 Å². The van der Waals surface area contributed by atoms with E-state index in [1.165, 1.54) is 126 Å². The molecule has 3 aliphatic rings. The molecule has 0 unspecified atom stereocenters. The molecule has 296 valence electrons. The summed E-state index contributed by atoms with van der Waals surface area (Å²) in [6.07, 6.45) is 6.70. The summed E-state index contributed by atoms with van der Waals surface area (Å²) in [5.41, 5.74) is 19.9. The Morgan fingerprint density at radius 3 is 1.61 bits per heavy atom. The Hall–Kier alpha value is -8.00. The van der Waals surface area contributed by atoms with Gasteiger partial charge in [-0.25, -0.2) is 0 Å². The second-order valence-corrected chi connectivity index (χ2v) is 18.1. The van der Waals surface area contributed by atoms with Crippen LogP contribution in [-0.2, 0) is 11.8 Å². The SMILES string of the molecule is C1=Cc2cc3c(cc2CC1)oc1ccc(-c2c4ccccc4c(-c4ccc5c6c(ccc5c4)-c4ccc5ccccc5c4C64c5ccccc5-c5ccccc54)c4ccccc24)cc13. The van der Waals surface area contributed by atoms with Crippen molar-refractivity contribution in [1.29, 1.82) is 0 Å². The first-order valence-corrected chi connectivity index (χ1v) is 22.6. The van der Waals surface area contributed by atoms with E-state index in [9.17, 15) is 0 Å². The van der Waals surface area contributed by atoms with Crippen molar-refractivity contribution in [3.8, 4) is 44.5 Å². The van der Waals surface area contributed by atoms with E-state index in [2.05, 4.69) is 206 Å². The van der Waals surface area contributed by atoms with Crippen molar-refractivity contribution in [2.24, 2.45) is 0 Å². The van der Waals surface area contributed by atoms with Gasteiger partial charge in [-0.3, -0.25) is 0 Å². The first kappa shape index (κ1) is 34.6. The fraction of sp³-hybridized carbons (Fsp3) is 0.0476. The second-order valence-electron chi connectivity index (χ2n) is 18.1. The quantitative estimate of drug-likeness (QED) is 0.159. The summed E-state index contributed by atoms with van der Waals surface area (Å²) < 4.78 is 6.50. The first-order chi connectivity index (χ1) is 31.7. The van der Waals surface area contributed by atoms with Crippen LogP contribution in [0.5, 0.6) is 0 Å². The van der Waals surface area contributed by atoms with Crippen LogP contribution in [0.3, 0.4) is 0 Å². The summed E-state index contributed by atoms with van der Waals surface area (Å²) in [5.74, 6) is 0. The molecule has 15 rings (SSSR count). The van der Waals surface area contributed by atoms with E-state index in [4.69, 9.17) is 4.42 Å². The molecule has 0 saturated carbocycles. The van der Waals surface area contributed by atoms with Crippen molar-refractivity contribution in [2.75, 3.05) is 0 Å². The molecule has 0 amide bonds. The predicted octanol–water partition coefficient (Wildman–Crippen LogP) is 16.8. The lowest BCUT2D eigenvalue weighted by atomic mass is 9.68. The minimum Gasteiger partial charge on any atom is -0.456 e. The lowest BCUT2D eigenvalue weighted by Gasteiger charge is -2.32. The second kappa shape index (κ2) is 12.6. The average molecular weight is 811 g/mol. The van der Waals surface area contributed by atoms with Gasteiger partial charge >= 0.3 is 0 Å². The van der Waals surface area contributed by atoms with Crippen LogP contribution in [0.25, 0.3) is 116 Å². The number of allylic oxidation sites excluding steroid dienone is 1. The van der Waals surface area contributed by atoms with Gasteiger partial charge in [0.05, 0.1) is 5.41 Å². The van der Waals surface area contributed by atoms with Crippen molar-refractivity contribution in [2.45, 2.75) is 18.3 Å². The number of rotatable bonds is 2. The molecular formula is C63H38O. The van der Waals surface area contributed by atoms with Crippen LogP contribution in [0.2, 0.25) is 0 Å². The molecular weight excluding hydrogens is 773 g/mol. The Balaban J connectivity index is 0.977. The Kier molecular flexibility index (Phi) is 6.78. The van der Waals surface area contributed by atoms with Gasteiger partial charge in [0.2, 0.25) is 0 Å². The molecule has 0 N–H and O–H groups in total. The molecule has 12 aromatic rings. The summed E-state index contributed by atoms with van der Waals surface area (Å²) in [6.45, 7) is 0. The zero-order valence-electron chi connectivity index (χ0n) is 35.0. The highest BCUT2D eigenvalue weighted by Crippen LogP contribution is 2.65. The Bertz CT molecular complexity index is 3980. The summed E-state index contributed by atoms with van der Waals surface area (Å²) in [6, 6.07) is 73.5. The number of hydrogen-bond acceptors (Lipinski definition) is 1. The third-order valence-corrected chi connectivity index (χ3v) is 15.1.